The Balaban J connectivity index is 1.83. The van der Waals surface area contributed by atoms with Gasteiger partial charge in [-0.3, -0.25) is 0 Å². The van der Waals surface area contributed by atoms with Gasteiger partial charge in [-0.15, -0.1) is 0 Å². The number of rotatable bonds is 3. The van der Waals surface area contributed by atoms with Gasteiger partial charge in [0.05, 0.1) is 7.11 Å². The fraction of sp³-hybridized carbons (Fsp3) is 0.462. The Morgan fingerprint density at radius 1 is 1.50 bits per heavy atom. The first-order valence-corrected chi connectivity index (χ1v) is 8.67. The SMILES string of the molecule is COc1ccccc1CN1C(=S)N[C@@H]2C[S+](=O)(O)C[C@H]21. The molecule has 1 aromatic rings. The van der Waals surface area contributed by atoms with Crippen molar-refractivity contribution in [2.45, 2.75) is 18.6 Å². The summed E-state index contributed by atoms with van der Waals surface area (Å²) in [5.41, 5.74) is 1.02. The number of hydrogen-bond acceptors (Lipinski definition) is 3. The fourth-order valence-corrected chi connectivity index (χ4v) is 5.19. The molecule has 1 unspecified atom stereocenters. The summed E-state index contributed by atoms with van der Waals surface area (Å²) in [5.74, 6) is 1.36. The molecule has 0 bridgehead atoms. The average molecular weight is 313 g/mol. The highest BCUT2D eigenvalue weighted by atomic mass is 32.3. The molecule has 0 aliphatic carbocycles. The summed E-state index contributed by atoms with van der Waals surface area (Å²) in [5, 5.41) is 3.81. The third kappa shape index (κ3) is 2.41. The number of fused-ring (bicyclic) bond motifs is 1. The van der Waals surface area contributed by atoms with Crippen LogP contribution in [0.2, 0.25) is 0 Å². The van der Waals surface area contributed by atoms with E-state index in [2.05, 4.69) is 5.32 Å². The number of ether oxygens (including phenoxy) is 1. The van der Waals surface area contributed by atoms with Gasteiger partial charge in [0.25, 0.3) is 0 Å². The zero-order valence-electron chi connectivity index (χ0n) is 11.1. The minimum atomic E-state index is -2.71. The van der Waals surface area contributed by atoms with Crippen LogP contribution in [0.25, 0.3) is 0 Å². The summed E-state index contributed by atoms with van der Waals surface area (Å²) in [6.45, 7) is 0.590. The molecular formula is C13H17N2O3S2+. The lowest BCUT2D eigenvalue weighted by molar-refractivity contribution is 0.337. The molecule has 2 saturated heterocycles. The Hall–Kier alpha value is -1.18. The van der Waals surface area contributed by atoms with Crippen molar-refractivity contribution in [2.24, 2.45) is 0 Å². The van der Waals surface area contributed by atoms with E-state index in [4.69, 9.17) is 17.0 Å². The van der Waals surface area contributed by atoms with Crippen molar-refractivity contribution in [1.82, 2.24) is 10.2 Å². The minimum Gasteiger partial charge on any atom is -0.496 e. The molecule has 108 valence electrons. The zero-order valence-corrected chi connectivity index (χ0v) is 12.7. The third-order valence-electron chi connectivity index (χ3n) is 3.84. The highest BCUT2D eigenvalue weighted by Crippen LogP contribution is 2.30. The summed E-state index contributed by atoms with van der Waals surface area (Å²) >= 11 is 5.35. The second-order valence-electron chi connectivity index (χ2n) is 5.17. The first-order valence-electron chi connectivity index (χ1n) is 6.41. The lowest BCUT2D eigenvalue weighted by Crippen LogP contribution is -2.36. The van der Waals surface area contributed by atoms with Gasteiger partial charge in [0.15, 0.2) is 16.6 Å². The molecule has 2 heterocycles. The first kappa shape index (κ1) is 13.8. The normalized spacial score (nSPS) is 32.1. The maximum Gasteiger partial charge on any atom is 0.218 e. The van der Waals surface area contributed by atoms with Crippen LogP contribution in [-0.2, 0) is 21.0 Å². The Morgan fingerprint density at radius 3 is 3.00 bits per heavy atom. The van der Waals surface area contributed by atoms with Crippen molar-refractivity contribution in [3.05, 3.63) is 29.8 Å². The Kier molecular flexibility index (Phi) is 3.43. The van der Waals surface area contributed by atoms with Crippen LogP contribution >= 0.6 is 12.2 Å². The molecule has 2 aliphatic rings. The van der Waals surface area contributed by atoms with Crippen LogP contribution in [0.4, 0.5) is 0 Å². The van der Waals surface area contributed by atoms with E-state index in [9.17, 15) is 8.76 Å². The highest BCUT2D eigenvalue weighted by molar-refractivity contribution is 7.98. The van der Waals surface area contributed by atoms with E-state index in [0.717, 1.165) is 11.3 Å². The number of methoxy groups -OCH3 is 1. The molecule has 0 aromatic heterocycles. The maximum atomic E-state index is 11.8. The molecule has 20 heavy (non-hydrogen) atoms. The number of hydrogen-bond donors (Lipinski definition) is 2. The summed E-state index contributed by atoms with van der Waals surface area (Å²) in [7, 11) is -1.08. The monoisotopic (exact) mass is 313 g/mol. The predicted octanol–water partition coefficient (Wildman–Crippen LogP) is 1.11. The van der Waals surface area contributed by atoms with E-state index < -0.39 is 10.2 Å². The van der Waals surface area contributed by atoms with Gasteiger partial charge in [0, 0.05) is 12.1 Å². The van der Waals surface area contributed by atoms with Gasteiger partial charge in [-0.25, -0.2) is 0 Å². The van der Waals surface area contributed by atoms with E-state index in [1.165, 1.54) is 0 Å². The van der Waals surface area contributed by atoms with Gasteiger partial charge in [0.1, 0.15) is 17.8 Å². The van der Waals surface area contributed by atoms with Crippen molar-refractivity contribution < 1.29 is 13.5 Å². The summed E-state index contributed by atoms with van der Waals surface area (Å²) < 4.78 is 27.0. The van der Waals surface area contributed by atoms with E-state index in [-0.39, 0.29) is 23.6 Å². The maximum absolute atomic E-state index is 11.8. The largest absolute Gasteiger partial charge is 0.496 e. The van der Waals surface area contributed by atoms with Crippen LogP contribution in [-0.4, -0.2) is 45.3 Å². The molecule has 5 nitrogen and oxygen atoms in total. The van der Waals surface area contributed by atoms with Gasteiger partial charge in [-0.2, -0.15) is 4.55 Å². The lowest BCUT2D eigenvalue weighted by atomic mass is 10.1. The molecule has 0 saturated carbocycles. The van der Waals surface area contributed by atoms with Crippen molar-refractivity contribution in [2.75, 3.05) is 18.6 Å². The van der Waals surface area contributed by atoms with E-state index in [1.807, 2.05) is 29.2 Å². The Labute approximate surface area is 124 Å². The van der Waals surface area contributed by atoms with Gasteiger partial charge >= 0.3 is 0 Å². The van der Waals surface area contributed by atoms with Crippen LogP contribution in [0.1, 0.15) is 5.56 Å². The Morgan fingerprint density at radius 2 is 2.25 bits per heavy atom. The topological polar surface area (TPSA) is 61.8 Å². The second kappa shape index (κ2) is 4.98. The van der Waals surface area contributed by atoms with Crippen LogP contribution in [0.5, 0.6) is 5.75 Å². The molecule has 2 fully saturated rings. The smallest absolute Gasteiger partial charge is 0.218 e. The standard InChI is InChI=1S/C13H16N2O3S2/c1-18-12-5-3-2-4-9(12)6-15-11-8-20(16,17)7-10(11)14-13(15)19/h2-5,10-11H,6-8H2,1H3,(H-,14,16,17,19)/p+1/t10-,11-/m1/s1. The van der Waals surface area contributed by atoms with Gasteiger partial charge in [-0.1, -0.05) is 22.4 Å². The van der Waals surface area contributed by atoms with Gasteiger partial charge < -0.3 is 15.0 Å². The number of benzene rings is 1. The number of nitrogens with zero attached hydrogens (tertiary/aromatic N) is 1. The van der Waals surface area contributed by atoms with Crippen LogP contribution in [0.15, 0.2) is 24.3 Å². The van der Waals surface area contributed by atoms with Gasteiger partial charge in [-0.05, 0) is 18.3 Å². The van der Waals surface area contributed by atoms with Crippen molar-refractivity contribution in [1.29, 1.82) is 0 Å². The summed E-state index contributed by atoms with van der Waals surface area (Å²) in [4.78, 5) is 2.00. The zero-order chi connectivity index (χ0) is 14.3. The number of nitrogens with one attached hydrogen (secondary N) is 1. The number of para-hydroxylation sites is 1. The summed E-state index contributed by atoms with van der Waals surface area (Å²) in [6, 6.07) is 7.73. The van der Waals surface area contributed by atoms with E-state index in [1.54, 1.807) is 7.11 Å². The Bertz CT molecular complexity index is 593. The molecule has 7 heteroatoms. The molecule has 3 rings (SSSR count). The van der Waals surface area contributed by atoms with Crippen LogP contribution in [0, 0.1) is 0 Å². The molecule has 0 spiro atoms. The summed E-state index contributed by atoms with van der Waals surface area (Å²) in [6.07, 6.45) is 0. The molecule has 0 amide bonds. The second-order valence-corrected chi connectivity index (χ2v) is 7.77. The molecular weight excluding hydrogens is 296 g/mol. The lowest BCUT2D eigenvalue weighted by Gasteiger charge is -2.23. The average Bonchev–Trinajstić information content (AvgIpc) is 2.83. The minimum absolute atomic E-state index is 0.00934. The first-order chi connectivity index (χ1) is 9.50. The van der Waals surface area contributed by atoms with E-state index >= 15 is 0 Å². The quantitative estimate of drug-likeness (QED) is 0.644. The highest BCUT2D eigenvalue weighted by Gasteiger charge is 2.53. The van der Waals surface area contributed by atoms with Crippen LogP contribution < -0.4 is 10.1 Å². The molecule has 2 N–H and O–H groups in total. The van der Waals surface area contributed by atoms with Crippen molar-refractivity contribution in [3.63, 3.8) is 0 Å². The predicted molar refractivity (Wildman–Crippen MR) is 82.3 cm³/mol. The van der Waals surface area contributed by atoms with Crippen molar-refractivity contribution in [3.8, 4) is 5.75 Å². The van der Waals surface area contributed by atoms with E-state index in [0.29, 0.717) is 11.7 Å². The van der Waals surface area contributed by atoms with Crippen LogP contribution in [0.3, 0.4) is 0 Å². The fourth-order valence-electron chi connectivity index (χ4n) is 2.89. The molecule has 2 aliphatic heterocycles. The van der Waals surface area contributed by atoms with Crippen molar-refractivity contribution >= 4 is 27.5 Å². The number of thiocarbonyl (C=S) groups is 1. The third-order valence-corrected chi connectivity index (χ3v) is 5.93. The molecule has 1 aromatic carbocycles. The molecule has 3 atom stereocenters. The van der Waals surface area contributed by atoms with Gasteiger partial charge in [0.2, 0.25) is 10.2 Å². The molecule has 0 radical (unpaired) electrons.